The molecule has 0 aromatic heterocycles. The lowest BCUT2D eigenvalue weighted by atomic mass is 10.1. The Bertz CT molecular complexity index is 214. The van der Waals surface area contributed by atoms with Crippen LogP contribution in [0.4, 0.5) is 0 Å². The van der Waals surface area contributed by atoms with E-state index in [1.54, 1.807) is 11.8 Å². The summed E-state index contributed by atoms with van der Waals surface area (Å²) < 4.78 is 0. The van der Waals surface area contributed by atoms with Crippen LogP contribution in [-0.4, -0.2) is 41.1 Å². The van der Waals surface area contributed by atoms with Crippen LogP contribution in [0.1, 0.15) is 19.8 Å². The topological polar surface area (TPSA) is 32.3 Å². The van der Waals surface area contributed by atoms with Gasteiger partial charge in [0.2, 0.25) is 5.12 Å². The predicted octanol–water partition coefficient (Wildman–Crippen LogP) is 0.661. The summed E-state index contributed by atoms with van der Waals surface area (Å²) in [6, 6.07) is 0. The summed E-state index contributed by atoms with van der Waals surface area (Å²) in [7, 11) is 0. The molecule has 0 aromatic rings. The Morgan fingerprint density at radius 3 is 3.15 bits per heavy atom. The summed E-state index contributed by atoms with van der Waals surface area (Å²) in [6.07, 6.45) is 2.35. The molecule has 0 bridgehead atoms. The van der Waals surface area contributed by atoms with Gasteiger partial charge in [-0.3, -0.25) is 9.69 Å². The lowest BCUT2D eigenvalue weighted by Gasteiger charge is -2.39. The highest BCUT2D eigenvalue weighted by atomic mass is 32.2. The number of nitrogens with one attached hydrogen (secondary N) is 1. The third-order valence-corrected chi connectivity index (χ3v) is 4.25. The molecule has 74 valence electrons. The number of rotatable bonds is 1. The molecular weight excluding hydrogens is 184 g/mol. The normalized spacial score (nSPS) is 35.9. The second kappa shape index (κ2) is 3.59. The minimum absolute atomic E-state index is 0.101. The standard InChI is InChI=1S/C9H16N2OS/c1-2-11-6-8(12)13-9(11)4-3-5-10-7-9/h10H,2-7H2,1H3. The fraction of sp³-hybridized carbons (Fsp3) is 0.889. The Kier molecular flexibility index (Phi) is 2.62. The molecule has 1 N–H and O–H groups in total. The first kappa shape index (κ1) is 9.49. The van der Waals surface area contributed by atoms with Crippen molar-refractivity contribution < 1.29 is 4.79 Å². The number of carbonyl (C=O) groups excluding carboxylic acids is 1. The zero-order valence-corrected chi connectivity index (χ0v) is 8.82. The van der Waals surface area contributed by atoms with E-state index in [1.807, 2.05) is 0 Å². The SMILES string of the molecule is CCN1CC(=O)SC12CCCNC2. The summed E-state index contributed by atoms with van der Waals surface area (Å²) in [4.78, 5) is 13.8. The van der Waals surface area contributed by atoms with Gasteiger partial charge in [0.05, 0.1) is 11.4 Å². The summed E-state index contributed by atoms with van der Waals surface area (Å²) in [5.74, 6) is 0. The lowest BCUT2D eigenvalue weighted by Crippen LogP contribution is -2.52. The van der Waals surface area contributed by atoms with Crippen LogP contribution in [0.5, 0.6) is 0 Å². The molecule has 1 unspecified atom stereocenters. The molecular formula is C9H16N2OS. The maximum Gasteiger partial charge on any atom is 0.204 e. The van der Waals surface area contributed by atoms with Crippen LogP contribution < -0.4 is 5.32 Å². The van der Waals surface area contributed by atoms with Crippen molar-refractivity contribution >= 4 is 16.9 Å². The third kappa shape index (κ3) is 1.63. The molecule has 0 amide bonds. The first-order valence-electron chi connectivity index (χ1n) is 4.94. The van der Waals surface area contributed by atoms with E-state index in [-0.39, 0.29) is 4.87 Å². The number of hydrogen-bond acceptors (Lipinski definition) is 4. The fourth-order valence-corrected chi connectivity index (χ4v) is 3.61. The maximum atomic E-state index is 11.4. The Labute approximate surface area is 83.2 Å². The van der Waals surface area contributed by atoms with Gasteiger partial charge in [-0.05, 0) is 25.9 Å². The van der Waals surface area contributed by atoms with Crippen molar-refractivity contribution in [2.45, 2.75) is 24.6 Å². The number of piperidine rings is 1. The predicted molar refractivity (Wildman–Crippen MR) is 54.7 cm³/mol. The molecule has 4 heteroatoms. The quantitative estimate of drug-likeness (QED) is 0.674. The molecule has 13 heavy (non-hydrogen) atoms. The van der Waals surface area contributed by atoms with Gasteiger partial charge in [0.15, 0.2) is 0 Å². The molecule has 0 aliphatic carbocycles. The molecule has 0 radical (unpaired) electrons. The van der Waals surface area contributed by atoms with E-state index in [2.05, 4.69) is 17.1 Å². The van der Waals surface area contributed by atoms with Crippen LogP contribution in [-0.2, 0) is 4.79 Å². The van der Waals surface area contributed by atoms with Crippen molar-refractivity contribution in [3.8, 4) is 0 Å². The lowest BCUT2D eigenvalue weighted by molar-refractivity contribution is -0.111. The van der Waals surface area contributed by atoms with Crippen molar-refractivity contribution in [3.63, 3.8) is 0 Å². The zero-order valence-electron chi connectivity index (χ0n) is 8.01. The maximum absolute atomic E-state index is 11.4. The van der Waals surface area contributed by atoms with Gasteiger partial charge in [-0.1, -0.05) is 18.7 Å². The van der Waals surface area contributed by atoms with E-state index in [9.17, 15) is 4.79 Å². The van der Waals surface area contributed by atoms with Gasteiger partial charge in [-0.2, -0.15) is 0 Å². The molecule has 0 saturated carbocycles. The second-order valence-electron chi connectivity index (χ2n) is 3.71. The summed E-state index contributed by atoms with van der Waals surface area (Å²) in [5.41, 5.74) is 0. The monoisotopic (exact) mass is 200 g/mol. The largest absolute Gasteiger partial charge is 0.314 e. The number of likely N-dealkylation sites (N-methyl/N-ethyl adjacent to an activating group) is 1. The molecule has 1 spiro atoms. The third-order valence-electron chi connectivity index (χ3n) is 2.90. The van der Waals surface area contributed by atoms with Crippen molar-refractivity contribution in [1.82, 2.24) is 10.2 Å². The first-order chi connectivity index (χ1) is 6.27. The van der Waals surface area contributed by atoms with Crippen molar-refractivity contribution in [2.75, 3.05) is 26.2 Å². The van der Waals surface area contributed by atoms with Gasteiger partial charge < -0.3 is 5.32 Å². The second-order valence-corrected chi connectivity index (χ2v) is 5.13. The van der Waals surface area contributed by atoms with Crippen molar-refractivity contribution in [2.24, 2.45) is 0 Å². The van der Waals surface area contributed by atoms with Crippen LogP contribution in [0, 0.1) is 0 Å². The van der Waals surface area contributed by atoms with Gasteiger partial charge in [-0.25, -0.2) is 0 Å². The van der Waals surface area contributed by atoms with E-state index in [0.29, 0.717) is 11.7 Å². The molecule has 2 heterocycles. The molecule has 2 aliphatic rings. The number of hydrogen-bond donors (Lipinski definition) is 1. The van der Waals surface area contributed by atoms with Crippen molar-refractivity contribution in [1.29, 1.82) is 0 Å². The molecule has 2 fully saturated rings. The molecule has 0 aromatic carbocycles. The summed E-state index contributed by atoms with van der Waals surface area (Å²) in [6.45, 7) is 5.84. The van der Waals surface area contributed by atoms with Crippen LogP contribution in [0.15, 0.2) is 0 Å². The van der Waals surface area contributed by atoms with E-state index in [4.69, 9.17) is 0 Å². The van der Waals surface area contributed by atoms with E-state index in [1.165, 1.54) is 6.42 Å². The van der Waals surface area contributed by atoms with Crippen LogP contribution in [0.2, 0.25) is 0 Å². The molecule has 1 atom stereocenters. The highest BCUT2D eigenvalue weighted by Gasteiger charge is 2.45. The van der Waals surface area contributed by atoms with Crippen molar-refractivity contribution in [3.05, 3.63) is 0 Å². The number of thioether (sulfide) groups is 1. The Morgan fingerprint density at radius 2 is 2.54 bits per heavy atom. The fourth-order valence-electron chi connectivity index (χ4n) is 2.23. The van der Waals surface area contributed by atoms with Crippen LogP contribution in [0.25, 0.3) is 0 Å². The minimum Gasteiger partial charge on any atom is -0.314 e. The Morgan fingerprint density at radius 1 is 1.69 bits per heavy atom. The molecule has 3 nitrogen and oxygen atoms in total. The Balaban J connectivity index is 2.13. The smallest absolute Gasteiger partial charge is 0.204 e. The van der Waals surface area contributed by atoms with E-state index in [0.717, 1.165) is 26.1 Å². The summed E-state index contributed by atoms with van der Waals surface area (Å²) >= 11 is 1.55. The number of carbonyl (C=O) groups is 1. The zero-order chi connectivity index (χ0) is 9.31. The van der Waals surface area contributed by atoms with Gasteiger partial charge >= 0.3 is 0 Å². The minimum atomic E-state index is 0.101. The molecule has 2 saturated heterocycles. The average Bonchev–Trinajstić information content (AvgIpc) is 2.43. The highest BCUT2D eigenvalue weighted by molar-refractivity contribution is 8.15. The average molecular weight is 200 g/mol. The van der Waals surface area contributed by atoms with Gasteiger partial charge in [0, 0.05) is 6.54 Å². The number of nitrogens with zero attached hydrogens (tertiary/aromatic N) is 1. The molecule has 2 rings (SSSR count). The van der Waals surface area contributed by atoms with Gasteiger partial charge in [0.25, 0.3) is 0 Å². The molecule has 2 aliphatic heterocycles. The highest BCUT2D eigenvalue weighted by Crippen LogP contribution is 2.40. The van der Waals surface area contributed by atoms with E-state index < -0.39 is 0 Å². The van der Waals surface area contributed by atoms with Crippen LogP contribution >= 0.6 is 11.8 Å². The summed E-state index contributed by atoms with van der Waals surface area (Å²) in [5, 5.41) is 3.73. The van der Waals surface area contributed by atoms with Crippen LogP contribution in [0.3, 0.4) is 0 Å². The van der Waals surface area contributed by atoms with E-state index >= 15 is 0 Å². The van der Waals surface area contributed by atoms with Gasteiger partial charge in [-0.15, -0.1) is 0 Å². The first-order valence-corrected chi connectivity index (χ1v) is 5.76. The Hall–Kier alpha value is -0.0600. The van der Waals surface area contributed by atoms with Gasteiger partial charge in [0.1, 0.15) is 0 Å².